The molecule has 2 N–H and O–H groups in total. The molecule has 0 radical (unpaired) electrons. The van der Waals surface area contributed by atoms with Crippen molar-refractivity contribution in [1.82, 2.24) is 5.43 Å². The van der Waals surface area contributed by atoms with E-state index in [2.05, 4.69) is 15.8 Å². The van der Waals surface area contributed by atoms with Gasteiger partial charge < -0.3 is 5.32 Å². The van der Waals surface area contributed by atoms with E-state index in [1.807, 2.05) is 0 Å². The minimum atomic E-state index is -0.401. The fourth-order valence-electron chi connectivity index (χ4n) is 2.04. The minimum absolute atomic E-state index is 0.0140. The Labute approximate surface area is 166 Å². The molecule has 0 fully saturated rings. The van der Waals surface area contributed by atoms with Crippen LogP contribution in [0.1, 0.15) is 24.0 Å². The molecule has 0 bridgehead atoms. The lowest BCUT2D eigenvalue weighted by atomic mass is 10.2. The molecule has 5 nitrogen and oxygen atoms in total. The standard InChI is InChI=1S/C18H16Cl3N3O2/c1-11-13(19)4-3-7-16(11)23-17(25)8-9-18(26)24-22-10-12-14(20)5-2-6-15(12)21/h2-7,10H,8-9H2,1H3,(H,23,25)(H,24,26)/b22-10-. The predicted molar refractivity (Wildman–Crippen MR) is 106 cm³/mol. The molecule has 0 saturated heterocycles. The first kappa shape index (κ1) is 20.2. The summed E-state index contributed by atoms with van der Waals surface area (Å²) in [6.07, 6.45) is 1.36. The number of anilines is 1. The zero-order chi connectivity index (χ0) is 19.1. The van der Waals surface area contributed by atoms with Gasteiger partial charge in [-0.2, -0.15) is 5.10 Å². The summed E-state index contributed by atoms with van der Waals surface area (Å²) in [6, 6.07) is 10.3. The second-order valence-electron chi connectivity index (χ2n) is 5.39. The molecule has 0 aliphatic carbocycles. The van der Waals surface area contributed by atoms with Gasteiger partial charge >= 0.3 is 0 Å². The van der Waals surface area contributed by atoms with Crippen molar-refractivity contribution in [3.05, 3.63) is 62.6 Å². The Balaban J connectivity index is 1.82. The molecule has 2 aromatic carbocycles. The molecule has 0 aromatic heterocycles. The van der Waals surface area contributed by atoms with Crippen LogP contribution in [0.25, 0.3) is 0 Å². The van der Waals surface area contributed by atoms with E-state index in [-0.39, 0.29) is 18.7 Å². The van der Waals surface area contributed by atoms with Gasteiger partial charge in [0.15, 0.2) is 0 Å². The van der Waals surface area contributed by atoms with Crippen LogP contribution in [0.15, 0.2) is 41.5 Å². The molecule has 26 heavy (non-hydrogen) atoms. The molecular formula is C18H16Cl3N3O2. The molecule has 0 spiro atoms. The van der Waals surface area contributed by atoms with E-state index in [1.54, 1.807) is 43.3 Å². The average molecular weight is 413 g/mol. The van der Waals surface area contributed by atoms with Gasteiger partial charge in [0.1, 0.15) is 0 Å². The smallest absolute Gasteiger partial charge is 0.240 e. The summed E-state index contributed by atoms with van der Waals surface area (Å²) in [5.41, 5.74) is 4.23. The maximum Gasteiger partial charge on any atom is 0.240 e. The van der Waals surface area contributed by atoms with Crippen molar-refractivity contribution < 1.29 is 9.59 Å². The number of hydrazone groups is 1. The van der Waals surface area contributed by atoms with Gasteiger partial charge in [-0.1, -0.05) is 46.9 Å². The highest BCUT2D eigenvalue weighted by molar-refractivity contribution is 6.38. The Kier molecular flexibility index (Phi) is 7.45. The number of amides is 2. The van der Waals surface area contributed by atoms with Crippen molar-refractivity contribution in [3.63, 3.8) is 0 Å². The molecule has 0 aliphatic heterocycles. The van der Waals surface area contributed by atoms with E-state index in [0.29, 0.717) is 26.3 Å². The van der Waals surface area contributed by atoms with Crippen LogP contribution in [0.2, 0.25) is 15.1 Å². The number of carbonyl (C=O) groups is 2. The summed E-state index contributed by atoms with van der Waals surface area (Å²) in [5, 5.41) is 7.94. The monoisotopic (exact) mass is 411 g/mol. The minimum Gasteiger partial charge on any atom is -0.326 e. The van der Waals surface area contributed by atoms with Crippen molar-refractivity contribution in [2.75, 3.05) is 5.32 Å². The van der Waals surface area contributed by atoms with Gasteiger partial charge in [-0.15, -0.1) is 0 Å². The zero-order valence-corrected chi connectivity index (χ0v) is 16.1. The topological polar surface area (TPSA) is 70.6 Å². The molecule has 0 aliphatic rings. The van der Waals surface area contributed by atoms with Crippen LogP contribution in [0.4, 0.5) is 5.69 Å². The highest BCUT2D eigenvalue weighted by Gasteiger charge is 2.09. The van der Waals surface area contributed by atoms with Crippen molar-refractivity contribution in [2.45, 2.75) is 19.8 Å². The summed E-state index contributed by atoms with van der Waals surface area (Å²) >= 11 is 18.0. The first-order valence-electron chi connectivity index (χ1n) is 7.69. The average Bonchev–Trinajstić information content (AvgIpc) is 2.60. The third kappa shape index (κ3) is 5.73. The maximum absolute atomic E-state index is 12.0. The fourth-order valence-corrected chi connectivity index (χ4v) is 2.71. The lowest BCUT2D eigenvalue weighted by Crippen LogP contribution is -2.21. The first-order valence-corrected chi connectivity index (χ1v) is 8.82. The Morgan fingerprint density at radius 2 is 1.54 bits per heavy atom. The first-order chi connectivity index (χ1) is 12.4. The Bertz CT molecular complexity index is 833. The summed E-state index contributed by atoms with van der Waals surface area (Å²) in [5.74, 6) is -0.689. The van der Waals surface area contributed by atoms with E-state index in [0.717, 1.165) is 5.56 Å². The van der Waals surface area contributed by atoms with E-state index in [9.17, 15) is 9.59 Å². The van der Waals surface area contributed by atoms with Gasteiger partial charge in [0.25, 0.3) is 0 Å². The third-order valence-electron chi connectivity index (χ3n) is 3.50. The lowest BCUT2D eigenvalue weighted by Gasteiger charge is -2.09. The van der Waals surface area contributed by atoms with Crippen LogP contribution in [0.5, 0.6) is 0 Å². The molecule has 136 valence electrons. The molecule has 0 unspecified atom stereocenters. The molecule has 2 aromatic rings. The van der Waals surface area contributed by atoms with Crippen molar-refractivity contribution in [1.29, 1.82) is 0 Å². The number of nitrogens with one attached hydrogen (secondary N) is 2. The quantitative estimate of drug-likeness (QED) is 0.527. The molecular weight excluding hydrogens is 397 g/mol. The lowest BCUT2D eigenvalue weighted by molar-refractivity contribution is -0.124. The van der Waals surface area contributed by atoms with Gasteiger partial charge in [0.2, 0.25) is 11.8 Å². The molecule has 0 saturated carbocycles. The summed E-state index contributed by atoms with van der Waals surface area (Å²) in [4.78, 5) is 23.7. The van der Waals surface area contributed by atoms with Crippen LogP contribution in [0.3, 0.4) is 0 Å². The number of halogens is 3. The van der Waals surface area contributed by atoms with E-state index >= 15 is 0 Å². The second kappa shape index (κ2) is 9.57. The normalized spacial score (nSPS) is 10.8. The van der Waals surface area contributed by atoms with E-state index < -0.39 is 5.91 Å². The van der Waals surface area contributed by atoms with Crippen molar-refractivity contribution in [2.24, 2.45) is 5.10 Å². The molecule has 2 amide bonds. The van der Waals surface area contributed by atoms with Crippen molar-refractivity contribution >= 4 is 58.5 Å². The number of benzene rings is 2. The Morgan fingerprint density at radius 1 is 0.962 bits per heavy atom. The second-order valence-corrected chi connectivity index (χ2v) is 6.61. The summed E-state index contributed by atoms with van der Waals surface area (Å²) in [6.45, 7) is 1.80. The molecule has 0 heterocycles. The fraction of sp³-hybridized carbons (Fsp3) is 0.167. The number of rotatable bonds is 6. The Hall–Kier alpha value is -2.08. The number of hydrogen-bond donors (Lipinski definition) is 2. The number of carbonyl (C=O) groups excluding carboxylic acids is 2. The van der Waals surface area contributed by atoms with Crippen LogP contribution in [-0.2, 0) is 9.59 Å². The predicted octanol–water partition coefficient (Wildman–Crippen LogP) is 4.82. The molecule has 8 heteroatoms. The largest absolute Gasteiger partial charge is 0.326 e. The van der Waals surface area contributed by atoms with Crippen LogP contribution in [-0.4, -0.2) is 18.0 Å². The van der Waals surface area contributed by atoms with E-state index in [4.69, 9.17) is 34.8 Å². The van der Waals surface area contributed by atoms with Gasteiger partial charge in [-0.05, 0) is 36.8 Å². The van der Waals surface area contributed by atoms with Gasteiger partial charge in [0.05, 0.1) is 16.3 Å². The van der Waals surface area contributed by atoms with Gasteiger partial charge in [-0.25, -0.2) is 5.43 Å². The zero-order valence-electron chi connectivity index (χ0n) is 13.9. The SMILES string of the molecule is Cc1c(Cl)cccc1NC(=O)CCC(=O)N/N=C\c1c(Cl)cccc1Cl. The number of nitrogens with zero attached hydrogens (tertiary/aromatic N) is 1. The molecule has 2 rings (SSSR count). The van der Waals surface area contributed by atoms with Gasteiger partial charge in [-0.3, -0.25) is 9.59 Å². The molecule has 0 atom stereocenters. The highest BCUT2D eigenvalue weighted by atomic mass is 35.5. The maximum atomic E-state index is 12.0. The van der Waals surface area contributed by atoms with Crippen LogP contribution in [0, 0.1) is 6.92 Å². The number of hydrogen-bond acceptors (Lipinski definition) is 3. The van der Waals surface area contributed by atoms with E-state index in [1.165, 1.54) is 6.21 Å². The van der Waals surface area contributed by atoms with Gasteiger partial charge in [0, 0.05) is 29.1 Å². The Morgan fingerprint density at radius 3 is 2.23 bits per heavy atom. The summed E-state index contributed by atoms with van der Waals surface area (Å²) < 4.78 is 0. The highest BCUT2D eigenvalue weighted by Crippen LogP contribution is 2.23. The summed E-state index contributed by atoms with van der Waals surface area (Å²) in [7, 11) is 0. The third-order valence-corrected chi connectivity index (χ3v) is 4.57. The van der Waals surface area contributed by atoms with Crippen molar-refractivity contribution in [3.8, 4) is 0 Å². The van der Waals surface area contributed by atoms with Crippen LogP contribution < -0.4 is 10.7 Å². The van der Waals surface area contributed by atoms with Crippen LogP contribution >= 0.6 is 34.8 Å².